The lowest BCUT2D eigenvalue weighted by atomic mass is 10.0. The minimum atomic E-state index is -2.78. The van der Waals surface area contributed by atoms with Crippen LogP contribution in [0.25, 0.3) is 0 Å². The van der Waals surface area contributed by atoms with Crippen LogP contribution in [0.3, 0.4) is 0 Å². The summed E-state index contributed by atoms with van der Waals surface area (Å²) < 4.78 is 0. The van der Waals surface area contributed by atoms with Crippen LogP contribution in [0.4, 0.5) is 0 Å². The number of carbonyl (C=O) groups excluding carboxylic acids is 1. The van der Waals surface area contributed by atoms with Crippen LogP contribution in [0.15, 0.2) is 0 Å². The van der Waals surface area contributed by atoms with E-state index in [9.17, 15) is 30.0 Å². The normalized spacial score (nSPS) is 25.7. The van der Waals surface area contributed by atoms with Crippen molar-refractivity contribution in [2.24, 2.45) is 0 Å². The summed E-state index contributed by atoms with van der Waals surface area (Å²) in [5.74, 6) is -4.46. The number of rotatable bonds is 6. The molecule has 21 heavy (non-hydrogen) atoms. The molecule has 0 aromatic carbocycles. The van der Waals surface area contributed by atoms with Gasteiger partial charge in [0.25, 0.3) is 0 Å². The minimum absolute atomic E-state index is 0.0777. The van der Waals surface area contributed by atoms with Gasteiger partial charge in [-0.2, -0.15) is 0 Å². The van der Waals surface area contributed by atoms with Crippen LogP contribution in [0, 0.1) is 0 Å². The molecule has 122 valence electrons. The Morgan fingerprint density at radius 1 is 1.38 bits per heavy atom. The van der Waals surface area contributed by atoms with Crippen LogP contribution < -0.4 is 0 Å². The maximum Gasteiger partial charge on any atom is 0.327 e. The molecule has 1 aliphatic heterocycles. The number of hydrogen-bond acceptors (Lipinski definition) is 8. The number of nitrogens with zero attached hydrogens (tertiary/aromatic N) is 1. The molecule has 0 saturated carbocycles. The Morgan fingerprint density at radius 2 is 1.95 bits per heavy atom. The number of aliphatic carboxylic acids is 1. The Labute approximate surface area is 124 Å². The lowest BCUT2D eigenvalue weighted by molar-refractivity contribution is -0.255. The van der Waals surface area contributed by atoms with Crippen molar-refractivity contribution < 1.29 is 40.2 Å². The Kier molecular flexibility index (Phi) is 5.96. The molecule has 4 atom stereocenters. The second-order valence-electron chi connectivity index (χ2n) is 4.85. The first-order chi connectivity index (χ1) is 9.61. The smallest absolute Gasteiger partial charge is 0.327 e. The molecule has 1 rings (SSSR count). The molecule has 0 aromatic heterocycles. The third kappa shape index (κ3) is 4.05. The van der Waals surface area contributed by atoms with Gasteiger partial charge in [-0.25, -0.2) is 4.79 Å². The number of amides is 1. The summed E-state index contributed by atoms with van der Waals surface area (Å²) >= 11 is 1.03. The van der Waals surface area contributed by atoms with Gasteiger partial charge in [0.15, 0.2) is 5.79 Å². The maximum absolute atomic E-state index is 11.6. The van der Waals surface area contributed by atoms with Crippen molar-refractivity contribution in [3.63, 3.8) is 0 Å². The van der Waals surface area contributed by atoms with Crippen LogP contribution >= 0.6 is 11.8 Å². The summed E-state index contributed by atoms with van der Waals surface area (Å²) in [7, 11) is 0. The van der Waals surface area contributed by atoms with E-state index in [4.69, 9.17) is 10.2 Å². The fourth-order valence-electron chi connectivity index (χ4n) is 2.12. The van der Waals surface area contributed by atoms with Gasteiger partial charge in [-0.1, -0.05) is 0 Å². The van der Waals surface area contributed by atoms with E-state index in [0.29, 0.717) is 0 Å². The molecule has 0 radical (unpaired) electrons. The predicted octanol–water partition coefficient (Wildman–Crippen LogP) is -2.85. The lowest BCUT2D eigenvalue weighted by Gasteiger charge is -2.34. The van der Waals surface area contributed by atoms with Gasteiger partial charge in [0.05, 0.1) is 12.0 Å². The third-order valence-corrected chi connectivity index (χ3v) is 4.53. The standard InChI is InChI=1S/C11H19NO8S/c1-5(14)12-6(10(17)18)4-21-8(12)2-11(19,20)9(16)7(15)3-13/h6-9,13,15-16,19-20H,2-4H2,1H3,(H,17,18). The van der Waals surface area contributed by atoms with Crippen LogP contribution in [-0.4, -0.2) is 89.2 Å². The van der Waals surface area contributed by atoms with E-state index >= 15 is 0 Å². The molecular weight excluding hydrogens is 306 g/mol. The molecule has 4 unspecified atom stereocenters. The summed E-state index contributed by atoms with van der Waals surface area (Å²) in [4.78, 5) is 23.6. The monoisotopic (exact) mass is 325 g/mol. The van der Waals surface area contributed by atoms with Crippen LogP contribution in [-0.2, 0) is 9.59 Å². The highest BCUT2D eigenvalue weighted by Gasteiger charge is 2.47. The molecular formula is C11H19NO8S. The second-order valence-corrected chi connectivity index (χ2v) is 6.06. The molecule has 1 heterocycles. The molecule has 6 N–H and O–H groups in total. The van der Waals surface area contributed by atoms with E-state index in [1.54, 1.807) is 0 Å². The zero-order chi connectivity index (χ0) is 16.4. The first-order valence-corrected chi connectivity index (χ1v) is 7.21. The van der Waals surface area contributed by atoms with Crippen molar-refractivity contribution in [1.29, 1.82) is 0 Å². The van der Waals surface area contributed by atoms with Gasteiger partial charge in [-0.3, -0.25) is 4.79 Å². The summed E-state index contributed by atoms with van der Waals surface area (Å²) in [5, 5.41) is 55.3. The Balaban J connectivity index is 2.86. The SMILES string of the molecule is CC(=O)N1C(CC(O)(O)C(O)C(O)CO)SCC1C(=O)O. The highest BCUT2D eigenvalue weighted by atomic mass is 32.2. The average molecular weight is 325 g/mol. The number of thioether (sulfide) groups is 1. The number of aliphatic hydroxyl groups excluding tert-OH is 3. The van der Waals surface area contributed by atoms with E-state index < -0.39 is 54.3 Å². The Hall–Kier alpha value is -0.910. The highest BCUT2D eigenvalue weighted by molar-refractivity contribution is 8.00. The molecule has 1 amide bonds. The van der Waals surface area contributed by atoms with E-state index in [1.165, 1.54) is 0 Å². The highest BCUT2D eigenvalue weighted by Crippen LogP contribution is 2.35. The number of carboxylic acids is 1. The summed E-state index contributed by atoms with van der Waals surface area (Å²) in [5.41, 5.74) is 0. The van der Waals surface area contributed by atoms with Gasteiger partial charge in [0.1, 0.15) is 18.2 Å². The minimum Gasteiger partial charge on any atom is -0.480 e. The first kappa shape index (κ1) is 18.1. The fourth-order valence-corrected chi connectivity index (χ4v) is 3.65. The lowest BCUT2D eigenvalue weighted by Crippen LogP contribution is -2.54. The second kappa shape index (κ2) is 6.90. The molecule has 10 heteroatoms. The van der Waals surface area contributed by atoms with Gasteiger partial charge in [0, 0.05) is 19.1 Å². The van der Waals surface area contributed by atoms with Gasteiger partial charge in [-0.05, 0) is 0 Å². The fraction of sp³-hybridized carbons (Fsp3) is 0.818. The van der Waals surface area contributed by atoms with Gasteiger partial charge >= 0.3 is 5.97 Å². The van der Waals surface area contributed by atoms with Crippen molar-refractivity contribution in [3.8, 4) is 0 Å². The topological polar surface area (TPSA) is 159 Å². The van der Waals surface area contributed by atoms with Crippen molar-refractivity contribution in [2.45, 2.75) is 42.8 Å². The maximum atomic E-state index is 11.6. The molecule has 1 aliphatic rings. The van der Waals surface area contributed by atoms with Crippen molar-refractivity contribution in [3.05, 3.63) is 0 Å². The molecule has 0 bridgehead atoms. The van der Waals surface area contributed by atoms with E-state index in [-0.39, 0.29) is 5.75 Å². The van der Waals surface area contributed by atoms with Gasteiger partial charge in [-0.15, -0.1) is 11.8 Å². The Bertz CT molecular complexity index is 404. The molecule has 0 spiro atoms. The molecule has 0 aromatic rings. The predicted molar refractivity (Wildman–Crippen MR) is 71.1 cm³/mol. The average Bonchev–Trinajstić information content (AvgIpc) is 2.80. The van der Waals surface area contributed by atoms with Crippen molar-refractivity contribution in [1.82, 2.24) is 4.90 Å². The van der Waals surface area contributed by atoms with Gasteiger partial charge in [0.2, 0.25) is 5.91 Å². The van der Waals surface area contributed by atoms with Gasteiger partial charge < -0.3 is 35.5 Å². The Morgan fingerprint density at radius 3 is 2.38 bits per heavy atom. The molecule has 1 saturated heterocycles. The number of carboxylic acid groups (broad SMARTS) is 1. The zero-order valence-electron chi connectivity index (χ0n) is 11.3. The molecule has 9 nitrogen and oxygen atoms in total. The van der Waals surface area contributed by atoms with Crippen LogP contribution in [0.2, 0.25) is 0 Å². The number of hydrogen-bond donors (Lipinski definition) is 6. The summed E-state index contributed by atoms with van der Waals surface area (Å²) in [6, 6.07) is -1.09. The zero-order valence-corrected chi connectivity index (χ0v) is 12.1. The van der Waals surface area contributed by atoms with Crippen LogP contribution in [0.5, 0.6) is 0 Å². The van der Waals surface area contributed by atoms with E-state index in [1.807, 2.05) is 0 Å². The first-order valence-electron chi connectivity index (χ1n) is 6.17. The summed E-state index contributed by atoms with van der Waals surface area (Å²) in [6.07, 6.45) is -4.40. The number of aliphatic hydroxyl groups is 5. The third-order valence-electron chi connectivity index (χ3n) is 3.24. The van der Waals surface area contributed by atoms with Crippen molar-refractivity contribution in [2.75, 3.05) is 12.4 Å². The molecule has 0 aliphatic carbocycles. The van der Waals surface area contributed by atoms with Crippen molar-refractivity contribution >= 4 is 23.6 Å². The molecule has 1 fully saturated rings. The largest absolute Gasteiger partial charge is 0.480 e. The van der Waals surface area contributed by atoms with E-state index in [2.05, 4.69) is 0 Å². The number of carbonyl (C=O) groups is 2. The van der Waals surface area contributed by atoms with E-state index in [0.717, 1.165) is 23.6 Å². The quantitative estimate of drug-likeness (QED) is 0.282. The van der Waals surface area contributed by atoms with Crippen LogP contribution in [0.1, 0.15) is 13.3 Å². The summed E-state index contributed by atoms with van der Waals surface area (Å²) in [6.45, 7) is 0.278.